The van der Waals surface area contributed by atoms with E-state index < -0.39 is 0 Å². The molecule has 1 unspecified atom stereocenters. The minimum Gasteiger partial charge on any atom is -0.354 e. The summed E-state index contributed by atoms with van der Waals surface area (Å²) in [5.74, 6) is 0.0848. The highest BCUT2D eigenvalue weighted by molar-refractivity contribution is 5.78. The number of nitrogens with one attached hydrogen (secondary N) is 1. The van der Waals surface area contributed by atoms with Crippen molar-refractivity contribution >= 4 is 5.91 Å². The predicted molar refractivity (Wildman–Crippen MR) is 81.3 cm³/mol. The smallest absolute Gasteiger partial charge is 0.224 e. The third kappa shape index (κ3) is 4.32. The van der Waals surface area contributed by atoms with Crippen molar-refractivity contribution in [2.45, 2.75) is 44.8 Å². The van der Waals surface area contributed by atoms with Crippen LogP contribution in [0.5, 0.6) is 0 Å². The highest BCUT2D eigenvalue weighted by Gasteiger charge is 2.29. The highest BCUT2D eigenvalue weighted by Crippen LogP contribution is 2.26. The molecule has 1 aromatic carbocycles. The van der Waals surface area contributed by atoms with Gasteiger partial charge in [0.2, 0.25) is 5.91 Å². The van der Waals surface area contributed by atoms with Crippen LogP contribution in [0.25, 0.3) is 0 Å². The molecule has 20 heavy (non-hydrogen) atoms. The van der Waals surface area contributed by atoms with Gasteiger partial charge in [-0.05, 0) is 37.9 Å². The second-order valence-electron chi connectivity index (χ2n) is 5.75. The third-order valence-electron chi connectivity index (χ3n) is 4.04. The largest absolute Gasteiger partial charge is 0.354 e. The molecule has 1 atom stereocenters. The van der Waals surface area contributed by atoms with E-state index in [1.807, 2.05) is 24.3 Å². The Morgan fingerprint density at radius 1 is 1.35 bits per heavy atom. The van der Waals surface area contributed by atoms with Crippen LogP contribution < -0.4 is 11.1 Å². The van der Waals surface area contributed by atoms with E-state index >= 15 is 0 Å². The molecule has 1 saturated carbocycles. The first kappa shape index (κ1) is 15.0. The Bertz CT molecular complexity index is 440. The summed E-state index contributed by atoms with van der Waals surface area (Å²) < 4.78 is 0. The summed E-state index contributed by atoms with van der Waals surface area (Å²) in [4.78, 5) is 14.3. The van der Waals surface area contributed by atoms with Crippen molar-refractivity contribution in [2.24, 2.45) is 5.73 Å². The van der Waals surface area contributed by atoms with Gasteiger partial charge in [0.05, 0.1) is 6.42 Å². The lowest BCUT2D eigenvalue weighted by atomic mass is 10.1. The molecule has 0 bridgehead atoms. The Kier molecular flexibility index (Phi) is 5.15. The van der Waals surface area contributed by atoms with Crippen LogP contribution >= 0.6 is 0 Å². The van der Waals surface area contributed by atoms with E-state index in [2.05, 4.69) is 24.2 Å². The van der Waals surface area contributed by atoms with Crippen LogP contribution in [0.2, 0.25) is 0 Å². The lowest BCUT2D eigenvalue weighted by Gasteiger charge is -2.24. The average Bonchev–Trinajstić information content (AvgIpc) is 3.29. The van der Waals surface area contributed by atoms with Gasteiger partial charge in [-0.3, -0.25) is 9.69 Å². The number of hydrogen-bond donors (Lipinski definition) is 2. The molecule has 0 spiro atoms. The number of rotatable bonds is 7. The van der Waals surface area contributed by atoms with E-state index in [-0.39, 0.29) is 5.91 Å². The Hall–Kier alpha value is -1.39. The molecule has 1 aromatic rings. The average molecular weight is 275 g/mol. The Balaban J connectivity index is 1.73. The minimum atomic E-state index is 0.0848. The lowest BCUT2D eigenvalue weighted by molar-refractivity contribution is -0.120. The van der Waals surface area contributed by atoms with Gasteiger partial charge < -0.3 is 11.1 Å². The quantitative estimate of drug-likeness (QED) is 0.788. The second kappa shape index (κ2) is 6.86. The van der Waals surface area contributed by atoms with Crippen molar-refractivity contribution in [3.8, 4) is 0 Å². The van der Waals surface area contributed by atoms with Crippen molar-refractivity contribution in [2.75, 3.05) is 13.6 Å². The first-order chi connectivity index (χ1) is 9.60. The van der Waals surface area contributed by atoms with E-state index in [4.69, 9.17) is 5.73 Å². The summed E-state index contributed by atoms with van der Waals surface area (Å²) in [6, 6.07) is 9.03. The van der Waals surface area contributed by atoms with Crippen LogP contribution in [0.4, 0.5) is 0 Å². The number of hydrogen-bond acceptors (Lipinski definition) is 3. The van der Waals surface area contributed by atoms with E-state index in [1.54, 1.807) is 0 Å². The van der Waals surface area contributed by atoms with E-state index in [0.717, 1.165) is 17.2 Å². The van der Waals surface area contributed by atoms with Gasteiger partial charge >= 0.3 is 0 Å². The summed E-state index contributed by atoms with van der Waals surface area (Å²) in [6.07, 6.45) is 3.02. The molecule has 2 rings (SSSR count). The molecule has 1 amide bonds. The van der Waals surface area contributed by atoms with E-state index in [9.17, 15) is 4.79 Å². The first-order valence-corrected chi connectivity index (χ1v) is 7.36. The molecule has 0 radical (unpaired) electrons. The lowest BCUT2D eigenvalue weighted by Crippen LogP contribution is -2.41. The molecule has 1 aliphatic rings. The SMILES string of the molecule is CC(CNC(=O)Cc1ccc(CN)cc1)N(C)C1CC1. The molecule has 0 heterocycles. The van der Waals surface area contributed by atoms with Crippen molar-refractivity contribution in [1.29, 1.82) is 0 Å². The van der Waals surface area contributed by atoms with Crippen molar-refractivity contribution < 1.29 is 4.79 Å². The Morgan fingerprint density at radius 2 is 1.95 bits per heavy atom. The van der Waals surface area contributed by atoms with Crippen LogP contribution in [0, 0.1) is 0 Å². The molecular weight excluding hydrogens is 250 g/mol. The van der Waals surface area contributed by atoms with Gasteiger partial charge in [-0.15, -0.1) is 0 Å². The second-order valence-corrected chi connectivity index (χ2v) is 5.75. The van der Waals surface area contributed by atoms with E-state index in [0.29, 0.717) is 25.6 Å². The molecular formula is C16H25N3O. The maximum absolute atomic E-state index is 11.9. The number of benzene rings is 1. The van der Waals surface area contributed by atoms with Gasteiger partial charge in [0, 0.05) is 25.2 Å². The minimum absolute atomic E-state index is 0.0848. The molecule has 4 nitrogen and oxygen atoms in total. The normalized spacial score (nSPS) is 16.2. The molecule has 1 fully saturated rings. The number of nitrogens with two attached hydrogens (primary N) is 1. The fourth-order valence-corrected chi connectivity index (χ4v) is 2.29. The highest BCUT2D eigenvalue weighted by atomic mass is 16.1. The molecule has 3 N–H and O–H groups in total. The van der Waals surface area contributed by atoms with Gasteiger partial charge in [-0.2, -0.15) is 0 Å². The van der Waals surface area contributed by atoms with Crippen LogP contribution in [-0.2, 0) is 17.8 Å². The molecule has 4 heteroatoms. The number of carbonyl (C=O) groups is 1. The van der Waals surface area contributed by atoms with Crippen molar-refractivity contribution in [3.63, 3.8) is 0 Å². The zero-order valence-corrected chi connectivity index (χ0v) is 12.4. The number of carbonyl (C=O) groups excluding carboxylic acids is 1. The maximum atomic E-state index is 11.9. The van der Waals surface area contributed by atoms with Gasteiger partial charge in [-0.1, -0.05) is 24.3 Å². The van der Waals surface area contributed by atoms with E-state index in [1.165, 1.54) is 12.8 Å². The Labute approximate surface area is 121 Å². The molecule has 0 aromatic heterocycles. The third-order valence-corrected chi connectivity index (χ3v) is 4.04. The van der Waals surface area contributed by atoms with Crippen molar-refractivity contribution in [3.05, 3.63) is 35.4 Å². The van der Waals surface area contributed by atoms with Gasteiger partial charge in [0.25, 0.3) is 0 Å². The molecule has 1 aliphatic carbocycles. The zero-order chi connectivity index (χ0) is 14.5. The number of likely N-dealkylation sites (N-methyl/N-ethyl adjacent to an activating group) is 1. The maximum Gasteiger partial charge on any atom is 0.224 e. The van der Waals surface area contributed by atoms with Crippen molar-refractivity contribution in [1.82, 2.24) is 10.2 Å². The zero-order valence-electron chi connectivity index (χ0n) is 12.4. The van der Waals surface area contributed by atoms with Crippen LogP contribution in [-0.4, -0.2) is 36.5 Å². The fraction of sp³-hybridized carbons (Fsp3) is 0.562. The number of nitrogens with zero attached hydrogens (tertiary/aromatic N) is 1. The Morgan fingerprint density at radius 3 is 2.50 bits per heavy atom. The summed E-state index contributed by atoms with van der Waals surface area (Å²) in [5, 5.41) is 3.02. The summed E-state index contributed by atoms with van der Waals surface area (Å²) >= 11 is 0. The molecule has 0 aliphatic heterocycles. The topological polar surface area (TPSA) is 58.4 Å². The van der Waals surface area contributed by atoms with Crippen LogP contribution in [0.1, 0.15) is 30.9 Å². The molecule has 0 saturated heterocycles. The predicted octanol–water partition coefficient (Wildman–Crippen LogP) is 1.29. The summed E-state index contributed by atoms with van der Waals surface area (Å²) in [7, 11) is 2.14. The first-order valence-electron chi connectivity index (χ1n) is 7.36. The summed E-state index contributed by atoms with van der Waals surface area (Å²) in [5.41, 5.74) is 7.68. The van der Waals surface area contributed by atoms with Gasteiger partial charge in [0.1, 0.15) is 0 Å². The fourth-order valence-electron chi connectivity index (χ4n) is 2.29. The monoisotopic (exact) mass is 275 g/mol. The van der Waals surface area contributed by atoms with Gasteiger partial charge in [0.15, 0.2) is 0 Å². The van der Waals surface area contributed by atoms with Crippen LogP contribution in [0.3, 0.4) is 0 Å². The molecule has 110 valence electrons. The standard InChI is InChI=1S/C16H25N3O/c1-12(19(2)15-7-8-15)11-18-16(20)9-13-3-5-14(10-17)6-4-13/h3-6,12,15H,7-11,17H2,1-2H3,(H,18,20). The summed E-state index contributed by atoms with van der Waals surface area (Å²) in [6.45, 7) is 3.42. The number of amides is 1. The van der Waals surface area contributed by atoms with Gasteiger partial charge in [-0.25, -0.2) is 0 Å². The van der Waals surface area contributed by atoms with Crippen LogP contribution in [0.15, 0.2) is 24.3 Å².